The molecule has 2 rings (SSSR count). The minimum atomic E-state index is -3.22. The predicted molar refractivity (Wildman–Crippen MR) is 74.8 cm³/mol. The second kappa shape index (κ2) is 5.23. The third-order valence-corrected chi connectivity index (χ3v) is 5.71. The smallest absolute Gasteiger partial charge is 0.178 e. The van der Waals surface area contributed by atoms with Crippen molar-refractivity contribution in [3.8, 4) is 0 Å². The maximum Gasteiger partial charge on any atom is 0.178 e. The summed E-state index contributed by atoms with van der Waals surface area (Å²) in [5.41, 5.74) is 0.0567. The zero-order chi connectivity index (χ0) is 14.1. The third-order valence-electron chi connectivity index (χ3n) is 3.94. The predicted octanol–water partition coefficient (Wildman–Crippen LogP) is 1.44. The van der Waals surface area contributed by atoms with E-state index in [1.54, 1.807) is 18.2 Å². The molecule has 1 aromatic rings. The Morgan fingerprint density at radius 3 is 2.74 bits per heavy atom. The molecule has 5 heteroatoms. The first-order chi connectivity index (χ1) is 8.95. The highest BCUT2D eigenvalue weighted by Crippen LogP contribution is 2.37. The second-order valence-electron chi connectivity index (χ2n) is 5.26. The maximum absolute atomic E-state index is 12.1. The Bertz CT molecular complexity index is 556. The SMILES string of the molecule is CCC(C)NC1(CO)CCS(=O)(=O)c2ccccc21. The first-order valence-electron chi connectivity index (χ1n) is 6.66. The highest BCUT2D eigenvalue weighted by Gasteiger charge is 2.41. The summed E-state index contributed by atoms with van der Waals surface area (Å²) in [6.45, 7) is 4.02. The molecule has 0 aromatic heterocycles. The van der Waals surface area contributed by atoms with Crippen LogP contribution in [-0.4, -0.2) is 31.9 Å². The quantitative estimate of drug-likeness (QED) is 0.877. The van der Waals surface area contributed by atoms with Crippen molar-refractivity contribution in [2.75, 3.05) is 12.4 Å². The van der Waals surface area contributed by atoms with E-state index in [1.165, 1.54) is 0 Å². The molecule has 0 spiro atoms. The van der Waals surface area contributed by atoms with E-state index in [2.05, 4.69) is 12.2 Å². The van der Waals surface area contributed by atoms with Crippen LogP contribution in [0.5, 0.6) is 0 Å². The molecule has 19 heavy (non-hydrogen) atoms. The van der Waals surface area contributed by atoms with Gasteiger partial charge in [0, 0.05) is 6.04 Å². The lowest BCUT2D eigenvalue weighted by Gasteiger charge is -2.40. The molecule has 2 unspecified atom stereocenters. The highest BCUT2D eigenvalue weighted by atomic mass is 32.2. The molecule has 0 saturated heterocycles. The van der Waals surface area contributed by atoms with E-state index in [0.717, 1.165) is 6.42 Å². The van der Waals surface area contributed by atoms with Gasteiger partial charge in [-0.3, -0.25) is 0 Å². The topological polar surface area (TPSA) is 66.4 Å². The summed E-state index contributed by atoms with van der Waals surface area (Å²) in [4.78, 5) is 0.353. The van der Waals surface area contributed by atoms with Crippen molar-refractivity contribution in [2.24, 2.45) is 0 Å². The molecule has 0 bridgehead atoms. The van der Waals surface area contributed by atoms with E-state index in [1.807, 2.05) is 13.0 Å². The lowest BCUT2D eigenvalue weighted by Crippen LogP contribution is -2.53. The van der Waals surface area contributed by atoms with Crippen molar-refractivity contribution in [1.29, 1.82) is 0 Å². The van der Waals surface area contributed by atoms with Gasteiger partial charge < -0.3 is 10.4 Å². The Kier molecular flexibility index (Phi) is 3.99. The zero-order valence-electron chi connectivity index (χ0n) is 11.4. The molecule has 4 nitrogen and oxygen atoms in total. The summed E-state index contributed by atoms with van der Waals surface area (Å²) < 4.78 is 24.2. The Morgan fingerprint density at radius 1 is 1.42 bits per heavy atom. The van der Waals surface area contributed by atoms with Crippen molar-refractivity contribution < 1.29 is 13.5 Å². The van der Waals surface area contributed by atoms with Crippen LogP contribution in [0.4, 0.5) is 0 Å². The van der Waals surface area contributed by atoms with Crippen LogP contribution in [0.1, 0.15) is 32.3 Å². The molecule has 106 valence electrons. The van der Waals surface area contributed by atoms with Crippen LogP contribution in [-0.2, 0) is 15.4 Å². The van der Waals surface area contributed by atoms with Crippen molar-refractivity contribution in [3.05, 3.63) is 29.8 Å². The van der Waals surface area contributed by atoms with E-state index in [-0.39, 0.29) is 18.4 Å². The fourth-order valence-corrected chi connectivity index (χ4v) is 4.34. The van der Waals surface area contributed by atoms with Crippen molar-refractivity contribution in [3.63, 3.8) is 0 Å². The molecule has 1 aromatic carbocycles. The minimum absolute atomic E-state index is 0.0774. The average Bonchev–Trinajstić information content (AvgIpc) is 2.42. The molecule has 0 aliphatic carbocycles. The molecule has 2 atom stereocenters. The van der Waals surface area contributed by atoms with Gasteiger partial charge in [0.15, 0.2) is 9.84 Å². The largest absolute Gasteiger partial charge is 0.394 e. The Balaban J connectivity index is 2.53. The van der Waals surface area contributed by atoms with Crippen LogP contribution < -0.4 is 5.32 Å². The van der Waals surface area contributed by atoms with Gasteiger partial charge in [0.2, 0.25) is 0 Å². The summed E-state index contributed by atoms with van der Waals surface area (Å²) >= 11 is 0. The van der Waals surface area contributed by atoms with Gasteiger partial charge in [-0.25, -0.2) is 8.42 Å². The zero-order valence-corrected chi connectivity index (χ0v) is 12.2. The van der Waals surface area contributed by atoms with Crippen LogP contribution in [0.3, 0.4) is 0 Å². The number of hydrogen-bond donors (Lipinski definition) is 2. The minimum Gasteiger partial charge on any atom is -0.394 e. The number of fused-ring (bicyclic) bond motifs is 1. The fraction of sp³-hybridized carbons (Fsp3) is 0.571. The highest BCUT2D eigenvalue weighted by molar-refractivity contribution is 7.91. The van der Waals surface area contributed by atoms with Crippen LogP contribution >= 0.6 is 0 Å². The summed E-state index contributed by atoms with van der Waals surface area (Å²) in [5.74, 6) is 0.0774. The summed E-state index contributed by atoms with van der Waals surface area (Å²) in [5, 5.41) is 13.3. The molecule has 0 fully saturated rings. The summed E-state index contributed by atoms with van der Waals surface area (Å²) in [6.07, 6.45) is 1.34. The fourth-order valence-electron chi connectivity index (χ4n) is 2.62. The molecule has 0 amide bonds. The number of aliphatic hydroxyl groups excluding tert-OH is 1. The lowest BCUT2D eigenvalue weighted by molar-refractivity contribution is 0.139. The first-order valence-corrected chi connectivity index (χ1v) is 8.31. The van der Waals surface area contributed by atoms with Gasteiger partial charge in [-0.1, -0.05) is 25.1 Å². The van der Waals surface area contributed by atoms with Crippen LogP contribution in [0.15, 0.2) is 29.2 Å². The second-order valence-corrected chi connectivity index (χ2v) is 7.34. The van der Waals surface area contributed by atoms with Gasteiger partial charge >= 0.3 is 0 Å². The number of rotatable bonds is 4. The number of nitrogens with one attached hydrogen (secondary N) is 1. The van der Waals surface area contributed by atoms with Gasteiger partial charge in [-0.2, -0.15) is 0 Å². The summed E-state index contributed by atoms with van der Waals surface area (Å²) in [6, 6.07) is 7.21. The lowest BCUT2D eigenvalue weighted by atomic mass is 9.86. The van der Waals surface area contributed by atoms with E-state index in [9.17, 15) is 13.5 Å². The van der Waals surface area contributed by atoms with Gasteiger partial charge in [0.25, 0.3) is 0 Å². The van der Waals surface area contributed by atoms with Crippen molar-refractivity contribution >= 4 is 9.84 Å². The van der Waals surface area contributed by atoms with Crippen LogP contribution in [0.2, 0.25) is 0 Å². The van der Waals surface area contributed by atoms with Gasteiger partial charge in [0.05, 0.1) is 22.8 Å². The molecule has 0 radical (unpaired) electrons. The van der Waals surface area contributed by atoms with E-state index >= 15 is 0 Å². The average molecular weight is 283 g/mol. The molecule has 0 saturated carbocycles. The normalized spacial score (nSPS) is 26.7. The Morgan fingerprint density at radius 2 is 2.11 bits per heavy atom. The van der Waals surface area contributed by atoms with E-state index < -0.39 is 15.4 Å². The van der Waals surface area contributed by atoms with Gasteiger partial charge in [0.1, 0.15) is 0 Å². The standard InChI is InChI=1S/C14H21NO3S/c1-3-11(2)15-14(10-16)8-9-19(17,18)13-7-5-4-6-12(13)14/h4-7,11,15-16H,3,8-10H2,1-2H3. The van der Waals surface area contributed by atoms with E-state index in [4.69, 9.17) is 0 Å². The van der Waals surface area contributed by atoms with Crippen LogP contribution in [0, 0.1) is 0 Å². The number of hydrogen-bond acceptors (Lipinski definition) is 4. The molecular weight excluding hydrogens is 262 g/mol. The van der Waals surface area contributed by atoms with Crippen molar-refractivity contribution in [1.82, 2.24) is 5.32 Å². The Labute approximate surface area is 114 Å². The molecule has 2 N–H and O–H groups in total. The first kappa shape index (κ1) is 14.5. The summed E-state index contributed by atoms with van der Waals surface area (Å²) in [7, 11) is -3.22. The molecule has 1 aliphatic heterocycles. The molecule has 1 heterocycles. The monoisotopic (exact) mass is 283 g/mol. The maximum atomic E-state index is 12.1. The Hall–Kier alpha value is -0.910. The number of sulfone groups is 1. The molecule has 1 aliphatic rings. The van der Waals surface area contributed by atoms with Crippen LogP contribution in [0.25, 0.3) is 0 Å². The third kappa shape index (κ3) is 2.55. The van der Waals surface area contributed by atoms with Gasteiger partial charge in [-0.05, 0) is 31.4 Å². The van der Waals surface area contributed by atoms with Gasteiger partial charge in [-0.15, -0.1) is 0 Å². The number of aliphatic hydroxyl groups is 1. The van der Waals surface area contributed by atoms with Crippen molar-refractivity contribution in [2.45, 2.75) is 43.2 Å². The molecular formula is C14H21NO3S. The number of benzene rings is 1. The van der Waals surface area contributed by atoms with E-state index in [0.29, 0.717) is 16.9 Å².